The topological polar surface area (TPSA) is 87.0 Å². The molecule has 0 amide bonds. The predicted octanol–water partition coefficient (Wildman–Crippen LogP) is 3.41. The van der Waals surface area contributed by atoms with Crippen molar-refractivity contribution < 1.29 is 24.9 Å². The number of aliphatic hydroxyl groups is 2. The third-order valence-electron chi connectivity index (χ3n) is 5.26. The van der Waals surface area contributed by atoms with Crippen molar-refractivity contribution >= 4 is 5.97 Å². The van der Waals surface area contributed by atoms with E-state index in [2.05, 4.69) is 6.92 Å². The lowest BCUT2D eigenvalue weighted by molar-refractivity contribution is -0.137. The highest BCUT2D eigenvalue weighted by atomic mass is 16.5. The zero-order valence-corrected chi connectivity index (χ0v) is 15.1. The van der Waals surface area contributed by atoms with E-state index in [1.165, 1.54) is 0 Å². The van der Waals surface area contributed by atoms with Crippen molar-refractivity contribution in [2.24, 2.45) is 11.8 Å². The Hall–Kier alpha value is -1.33. The smallest absolute Gasteiger partial charge is 0.303 e. The molecule has 1 aliphatic carbocycles. The quantitative estimate of drug-likeness (QED) is 0.414. The number of rotatable bonds is 10. The summed E-state index contributed by atoms with van der Waals surface area (Å²) in [7, 11) is 0. The molecule has 0 aromatic heterocycles. The van der Waals surface area contributed by atoms with Gasteiger partial charge in [0.15, 0.2) is 0 Å². The fourth-order valence-electron chi connectivity index (χ4n) is 3.86. The summed E-state index contributed by atoms with van der Waals surface area (Å²) in [5, 5.41) is 29.0. The lowest BCUT2D eigenvalue weighted by atomic mass is 9.90. The highest BCUT2D eigenvalue weighted by molar-refractivity contribution is 5.66. The molecule has 2 fully saturated rings. The molecule has 1 saturated heterocycles. The molecule has 5 atom stereocenters. The van der Waals surface area contributed by atoms with E-state index in [-0.39, 0.29) is 24.4 Å². The lowest BCUT2D eigenvalue weighted by Gasteiger charge is -2.16. The summed E-state index contributed by atoms with van der Waals surface area (Å²) >= 11 is 0. The van der Waals surface area contributed by atoms with Gasteiger partial charge in [-0.1, -0.05) is 38.3 Å². The Morgan fingerprint density at radius 2 is 2.16 bits per heavy atom. The summed E-state index contributed by atoms with van der Waals surface area (Å²) in [5.41, 5.74) is 0. The maximum atomic E-state index is 10.5. The van der Waals surface area contributed by atoms with Crippen molar-refractivity contribution in [2.75, 3.05) is 0 Å². The zero-order valence-electron chi connectivity index (χ0n) is 15.1. The Morgan fingerprint density at radius 1 is 1.36 bits per heavy atom. The molecule has 0 bridgehead atoms. The Bertz CT molecular complexity index is 484. The first-order valence-electron chi connectivity index (χ1n) is 9.63. The van der Waals surface area contributed by atoms with Crippen molar-refractivity contribution in [1.82, 2.24) is 0 Å². The van der Waals surface area contributed by atoms with Crippen molar-refractivity contribution in [3.05, 3.63) is 24.0 Å². The predicted molar refractivity (Wildman–Crippen MR) is 96.0 cm³/mol. The fraction of sp³-hybridized carbons (Fsp3) is 0.750. The van der Waals surface area contributed by atoms with E-state index in [9.17, 15) is 15.0 Å². The second-order valence-corrected chi connectivity index (χ2v) is 7.31. The SMILES string of the molecule is CCCCC[C@H](O)/C=C/[C@@H]1[C@H]2C/C(=C\CCCC(=O)O)O[C@H]2C[C@H]1O. The van der Waals surface area contributed by atoms with Crippen molar-refractivity contribution in [2.45, 2.75) is 83.0 Å². The van der Waals surface area contributed by atoms with Gasteiger partial charge in [0.05, 0.1) is 18.0 Å². The van der Waals surface area contributed by atoms with Gasteiger partial charge in [-0.3, -0.25) is 4.79 Å². The number of carboxylic acids is 1. The number of hydrogen-bond donors (Lipinski definition) is 3. The van der Waals surface area contributed by atoms with E-state index in [0.29, 0.717) is 19.3 Å². The van der Waals surface area contributed by atoms with Crippen LogP contribution in [0.5, 0.6) is 0 Å². The molecule has 0 unspecified atom stereocenters. The molecule has 25 heavy (non-hydrogen) atoms. The van der Waals surface area contributed by atoms with Crippen LogP contribution in [-0.2, 0) is 9.53 Å². The summed E-state index contributed by atoms with van der Waals surface area (Å²) < 4.78 is 5.94. The van der Waals surface area contributed by atoms with E-state index in [4.69, 9.17) is 9.84 Å². The molecule has 0 radical (unpaired) electrons. The minimum atomic E-state index is -0.770. The highest BCUT2D eigenvalue weighted by Gasteiger charge is 2.46. The molecule has 0 spiro atoms. The maximum Gasteiger partial charge on any atom is 0.303 e. The van der Waals surface area contributed by atoms with Crippen LogP contribution < -0.4 is 0 Å². The minimum Gasteiger partial charge on any atom is -0.495 e. The number of carbonyl (C=O) groups is 1. The average molecular weight is 352 g/mol. The second-order valence-electron chi connectivity index (χ2n) is 7.31. The largest absolute Gasteiger partial charge is 0.495 e. The van der Waals surface area contributed by atoms with Gasteiger partial charge in [0.1, 0.15) is 6.10 Å². The number of ether oxygens (including phenoxy) is 1. The Labute approximate surface area is 150 Å². The molecule has 2 rings (SSSR count). The Kier molecular flexibility index (Phi) is 7.97. The summed E-state index contributed by atoms with van der Waals surface area (Å²) in [5.74, 6) is 0.429. The van der Waals surface area contributed by atoms with Gasteiger partial charge in [0.2, 0.25) is 0 Å². The third-order valence-corrected chi connectivity index (χ3v) is 5.26. The lowest BCUT2D eigenvalue weighted by Crippen LogP contribution is -2.18. The van der Waals surface area contributed by atoms with Gasteiger partial charge in [-0.2, -0.15) is 0 Å². The second kappa shape index (κ2) is 9.97. The molecule has 0 aromatic carbocycles. The molecule has 142 valence electrons. The van der Waals surface area contributed by atoms with E-state index >= 15 is 0 Å². The van der Waals surface area contributed by atoms with Crippen molar-refractivity contribution in [3.63, 3.8) is 0 Å². The summed E-state index contributed by atoms with van der Waals surface area (Å²) in [4.78, 5) is 10.5. The molecule has 2 aliphatic rings. The molecular formula is C20H32O5. The number of carboxylic acid groups (broad SMARTS) is 1. The number of unbranched alkanes of at least 4 members (excludes halogenated alkanes) is 3. The van der Waals surface area contributed by atoms with Gasteiger partial charge in [0.25, 0.3) is 0 Å². The van der Waals surface area contributed by atoms with E-state index in [1.807, 2.05) is 18.2 Å². The van der Waals surface area contributed by atoms with Gasteiger partial charge in [-0.05, 0) is 25.3 Å². The van der Waals surface area contributed by atoms with Crippen molar-refractivity contribution in [1.29, 1.82) is 0 Å². The first-order chi connectivity index (χ1) is 12.0. The van der Waals surface area contributed by atoms with Crippen LogP contribution in [0.1, 0.15) is 64.7 Å². The number of aliphatic hydroxyl groups excluding tert-OH is 2. The van der Waals surface area contributed by atoms with Crippen LogP contribution in [0.3, 0.4) is 0 Å². The monoisotopic (exact) mass is 352 g/mol. The first kappa shape index (κ1) is 20.0. The maximum absolute atomic E-state index is 10.5. The average Bonchev–Trinajstić information content (AvgIpc) is 3.06. The van der Waals surface area contributed by atoms with Gasteiger partial charge in [-0.15, -0.1) is 0 Å². The number of hydrogen-bond acceptors (Lipinski definition) is 4. The van der Waals surface area contributed by atoms with Crippen LogP contribution in [0.25, 0.3) is 0 Å². The van der Waals surface area contributed by atoms with Crippen LogP contribution in [0.15, 0.2) is 24.0 Å². The van der Waals surface area contributed by atoms with Crippen LogP contribution in [0.2, 0.25) is 0 Å². The molecule has 3 N–H and O–H groups in total. The molecule has 5 nitrogen and oxygen atoms in total. The fourth-order valence-corrected chi connectivity index (χ4v) is 3.86. The first-order valence-corrected chi connectivity index (χ1v) is 9.63. The standard InChI is InChI=1S/C20H32O5/c1-2-3-4-7-14(21)10-11-16-17-12-15(8-5-6-9-20(23)24)25-19(17)13-18(16)22/h8,10-11,14,16-19,21-22H,2-7,9,12-13H2,1H3,(H,23,24)/b11-10+,15-8+/t14-,16+,17+,18+,19-/m0/s1. The number of allylic oxidation sites excluding steroid dienone is 2. The van der Waals surface area contributed by atoms with E-state index < -0.39 is 18.2 Å². The van der Waals surface area contributed by atoms with Gasteiger partial charge in [-0.25, -0.2) is 0 Å². The van der Waals surface area contributed by atoms with E-state index in [0.717, 1.165) is 37.9 Å². The molecule has 1 heterocycles. The summed E-state index contributed by atoms with van der Waals surface area (Å²) in [6.07, 6.45) is 12.0. The van der Waals surface area contributed by atoms with E-state index in [1.54, 1.807) is 0 Å². The summed E-state index contributed by atoms with van der Waals surface area (Å²) in [6.45, 7) is 2.14. The third kappa shape index (κ3) is 6.15. The number of fused-ring (bicyclic) bond motifs is 1. The van der Waals surface area contributed by atoms with Crippen LogP contribution in [0.4, 0.5) is 0 Å². The van der Waals surface area contributed by atoms with Crippen LogP contribution in [0, 0.1) is 11.8 Å². The minimum absolute atomic E-state index is 0.0238. The van der Waals surface area contributed by atoms with Crippen molar-refractivity contribution in [3.8, 4) is 0 Å². The molecular weight excluding hydrogens is 320 g/mol. The molecule has 5 heteroatoms. The summed E-state index contributed by atoms with van der Waals surface area (Å²) in [6, 6.07) is 0. The molecule has 1 aliphatic heterocycles. The number of aliphatic carboxylic acids is 1. The van der Waals surface area contributed by atoms with Gasteiger partial charge < -0.3 is 20.1 Å². The normalized spacial score (nSPS) is 31.4. The van der Waals surface area contributed by atoms with Crippen LogP contribution in [-0.4, -0.2) is 39.6 Å². The van der Waals surface area contributed by atoms with Gasteiger partial charge in [0, 0.05) is 31.1 Å². The van der Waals surface area contributed by atoms with Crippen LogP contribution >= 0.6 is 0 Å². The highest BCUT2D eigenvalue weighted by Crippen LogP contribution is 2.45. The Balaban J connectivity index is 1.83. The zero-order chi connectivity index (χ0) is 18.2. The molecule has 1 saturated carbocycles. The molecule has 0 aromatic rings. The van der Waals surface area contributed by atoms with Gasteiger partial charge >= 0.3 is 5.97 Å². The Morgan fingerprint density at radius 3 is 2.88 bits per heavy atom.